The first kappa shape index (κ1) is 18.0. The first-order valence-corrected chi connectivity index (χ1v) is 10.8. The van der Waals surface area contributed by atoms with Crippen LogP contribution in [0, 0.1) is 13.8 Å². The van der Waals surface area contributed by atoms with E-state index in [1.807, 2.05) is 37.0 Å². The number of thiophene rings is 1. The van der Waals surface area contributed by atoms with Crippen LogP contribution in [0.25, 0.3) is 55.3 Å². The zero-order valence-corrected chi connectivity index (χ0v) is 18.1. The van der Waals surface area contributed by atoms with Gasteiger partial charge in [-0.05, 0) is 38.1 Å². The van der Waals surface area contributed by atoms with E-state index in [4.69, 9.17) is 4.98 Å². The van der Waals surface area contributed by atoms with Crippen LogP contribution in [0.4, 0.5) is 0 Å². The summed E-state index contributed by atoms with van der Waals surface area (Å²) >= 11 is 1.78. The predicted molar refractivity (Wildman–Crippen MR) is 124 cm³/mol. The van der Waals surface area contributed by atoms with Gasteiger partial charge in [0.2, 0.25) is 0 Å². The van der Waals surface area contributed by atoms with Gasteiger partial charge in [-0.1, -0.05) is 12.1 Å². The van der Waals surface area contributed by atoms with Crippen molar-refractivity contribution >= 4 is 33.3 Å². The van der Waals surface area contributed by atoms with E-state index in [0.29, 0.717) is 0 Å². The highest BCUT2D eigenvalue weighted by Gasteiger charge is 2.17. The summed E-state index contributed by atoms with van der Waals surface area (Å²) in [5.41, 5.74) is 6.54. The van der Waals surface area contributed by atoms with Gasteiger partial charge in [0.05, 0.1) is 40.3 Å². The monoisotopic (exact) mass is 425 g/mol. The Morgan fingerprint density at radius 3 is 2.68 bits per heavy atom. The van der Waals surface area contributed by atoms with Crippen molar-refractivity contribution in [1.29, 1.82) is 0 Å². The van der Waals surface area contributed by atoms with Gasteiger partial charge in [-0.15, -0.1) is 11.3 Å². The van der Waals surface area contributed by atoms with E-state index in [0.717, 1.165) is 56.2 Å². The van der Waals surface area contributed by atoms with E-state index in [-0.39, 0.29) is 0 Å². The average molecular weight is 426 g/mol. The van der Waals surface area contributed by atoms with Gasteiger partial charge in [-0.3, -0.25) is 10.1 Å². The average Bonchev–Trinajstić information content (AvgIpc) is 3.54. The van der Waals surface area contributed by atoms with Crippen molar-refractivity contribution in [3.05, 3.63) is 59.5 Å². The number of nitrogens with one attached hydrogen (secondary N) is 2. The van der Waals surface area contributed by atoms with Gasteiger partial charge in [-0.2, -0.15) is 5.10 Å². The highest BCUT2D eigenvalue weighted by atomic mass is 32.1. The number of aromatic amines is 2. The number of aryl methyl sites for hydroxylation is 2. The second-order valence-electron chi connectivity index (χ2n) is 7.63. The molecule has 152 valence electrons. The molecule has 5 heterocycles. The molecule has 0 fully saturated rings. The summed E-state index contributed by atoms with van der Waals surface area (Å²) in [5.74, 6) is 1.68. The third-order valence-corrected chi connectivity index (χ3v) is 6.71. The fraction of sp³-hybridized carbons (Fsp3) is 0.130. The number of rotatable bonds is 3. The van der Waals surface area contributed by atoms with Crippen molar-refractivity contribution in [3.63, 3.8) is 0 Å². The van der Waals surface area contributed by atoms with Crippen molar-refractivity contribution in [2.75, 3.05) is 0 Å². The van der Waals surface area contributed by atoms with Crippen LogP contribution in [-0.2, 0) is 7.05 Å². The second-order valence-corrected chi connectivity index (χ2v) is 8.92. The maximum absolute atomic E-state index is 4.95. The summed E-state index contributed by atoms with van der Waals surface area (Å²) in [4.78, 5) is 19.9. The van der Waals surface area contributed by atoms with Crippen molar-refractivity contribution in [2.24, 2.45) is 7.05 Å². The number of benzene rings is 1. The van der Waals surface area contributed by atoms with Crippen molar-refractivity contribution in [3.8, 4) is 33.3 Å². The minimum atomic E-state index is 0.736. The lowest BCUT2D eigenvalue weighted by molar-refractivity contribution is 0.862. The molecule has 7 nitrogen and oxygen atoms in total. The third-order valence-electron chi connectivity index (χ3n) is 5.67. The smallest absolute Gasteiger partial charge is 0.159 e. The number of para-hydroxylation sites is 1. The number of aromatic nitrogens is 7. The van der Waals surface area contributed by atoms with Crippen LogP contribution >= 0.6 is 11.3 Å². The van der Waals surface area contributed by atoms with Crippen LogP contribution in [0.15, 0.2) is 48.8 Å². The van der Waals surface area contributed by atoms with E-state index < -0.39 is 0 Å². The molecule has 0 bridgehead atoms. The molecule has 0 saturated heterocycles. The highest BCUT2D eigenvalue weighted by molar-refractivity contribution is 7.15. The summed E-state index contributed by atoms with van der Waals surface area (Å²) < 4.78 is 2.03. The molecule has 6 aromatic rings. The molecule has 0 radical (unpaired) electrons. The molecule has 0 saturated carbocycles. The van der Waals surface area contributed by atoms with Gasteiger partial charge >= 0.3 is 0 Å². The topological polar surface area (TPSA) is 88.1 Å². The number of H-pyrrole nitrogens is 2. The Hall–Kier alpha value is -3.78. The Morgan fingerprint density at radius 2 is 1.90 bits per heavy atom. The lowest BCUT2D eigenvalue weighted by Gasteiger charge is -2.03. The van der Waals surface area contributed by atoms with Crippen LogP contribution < -0.4 is 0 Å². The third kappa shape index (κ3) is 2.79. The first-order chi connectivity index (χ1) is 15.1. The van der Waals surface area contributed by atoms with E-state index >= 15 is 0 Å². The maximum Gasteiger partial charge on any atom is 0.159 e. The molecule has 0 amide bonds. The van der Waals surface area contributed by atoms with Gasteiger partial charge in [0.1, 0.15) is 11.5 Å². The zero-order chi connectivity index (χ0) is 21.1. The molecule has 8 heteroatoms. The van der Waals surface area contributed by atoms with Crippen LogP contribution in [0.3, 0.4) is 0 Å². The number of pyridine rings is 1. The molecule has 6 rings (SSSR count). The normalized spacial score (nSPS) is 11.7. The largest absolute Gasteiger partial charge is 0.337 e. The van der Waals surface area contributed by atoms with E-state index in [9.17, 15) is 0 Å². The molecule has 0 aliphatic rings. The first-order valence-electron chi connectivity index (χ1n) is 9.97. The standard InChI is InChI=1S/C23H19N7S/c1-12-7-8-20(31-12)14-5-4-6-16-21(14)27-23(26-16)22-15-9-17(25-10-18(15)28-29-22)19-11-24-13(2)30(19)3/h4-11H,1-3H3,(H,26,27)(H,28,29). The summed E-state index contributed by atoms with van der Waals surface area (Å²) in [7, 11) is 1.99. The van der Waals surface area contributed by atoms with Crippen molar-refractivity contribution in [2.45, 2.75) is 13.8 Å². The van der Waals surface area contributed by atoms with Crippen molar-refractivity contribution < 1.29 is 0 Å². The van der Waals surface area contributed by atoms with Crippen LogP contribution in [0.1, 0.15) is 10.7 Å². The van der Waals surface area contributed by atoms with Crippen molar-refractivity contribution in [1.82, 2.24) is 34.7 Å². The summed E-state index contributed by atoms with van der Waals surface area (Å²) in [5, 5.41) is 8.61. The molecule has 2 N–H and O–H groups in total. The Labute approximate surface area is 181 Å². The van der Waals surface area contributed by atoms with Gasteiger partial charge in [0, 0.05) is 27.8 Å². The Morgan fingerprint density at radius 1 is 1.00 bits per heavy atom. The fourth-order valence-corrected chi connectivity index (χ4v) is 4.79. The Kier molecular flexibility index (Phi) is 3.85. The summed E-state index contributed by atoms with van der Waals surface area (Å²) in [6.45, 7) is 4.10. The second kappa shape index (κ2) is 6.61. The van der Waals surface area contributed by atoms with Crippen LogP contribution in [0.2, 0.25) is 0 Å². The molecule has 0 spiro atoms. The molecule has 5 aromatic heterocycles. The SMILES string of the molecule is Cc1ccc(-c2cccc3[nH]c(-c4n[nH]c5cnc(-c6cnc(C)n6C)cc45)nc23)s1. The lowest BCUT2D eigenvalue weighted by atomic mass is 10.1. The molecule has 0 atom stereocenters. The minimum absolute atomic E-state index is 0.736. The lowest BCUT2D eigenvalue weighted by Crippen LogP contribution is -1.95. The minimum Gasteiger partial charge on any atom is -0.337 e. The van der Waals surface area contributed by atoms with Gasteiger partial charge in [0.25, 0.3) is 0 Å². The molecule has 0 unspecified atom stereocenters. The number of hydrogen-bond donors (Lipinski definition) is 2. The summed E-state index contributed by atoms with van der Waals surface area (Å²) in [6, 6.07) is 12.6. The molecular weight excluding hydrogens is 406 g/mol. The van der Waals surface area contributed by atoms with E-state index in [2.05, 4.69) is 62.4 Å². The molecule has 0 aliphatic heterocycles. The van der Waals surface area contributed by atoms with Gasteiger partial charge < -0.3 is 9.55 Å². The maximum atomic E-state index is 4.95. The van der Waals surface area contributed by atoms with Crippen LogP contribution in [-0.4, -0.2) is 34.7 Å². The Bertz CT molecular complexity index is 1580. The fourth-order valence-electron chi connectivity index (χ4n) is 3.90. The summed E-state index contributed by atoms with van der Waals surface area (Å²) in [6.07, 6.45) is 3.66. The van der Waals surface area contributed by atoms with Gasteiger partial charge in [0.15, 0.2) is 5.82 Å². The van der Waals surface area contributed by atoms with Gasteiger partial charge in [-0.25, -0.2) is 9.97 Å². The highest BCUT2D eigenvalue weighted by Crippen LogP contribution is 2.35. The number of fused-ring (bicyclic) bond motifs is 2. The predicted octanol–water partition coefficient (Wildman–Crippen LogP) is 5.25. The van der Waals surface area contributed by atoms with E-state index in [1.54, 1.807) is 11.3 Å². The zero-order valence-electron chi connectivity index (χ0n) is 17.3. The van der Waals surface area contributed by atoms with Crippen LogP contribution in [0.5, 0.6) is 0 Å². The molecule has 31 heavy (non-hydrogen) atoms. The Balaban J connectivity index is 1.52. The molecule has 0 aliphatic carbocycles. The number of nitrogens with zero attached hydrogens (tertiary/aromatic N) is 5. The molecular formula is C23H19N7S. The quantitative estimate of drug-likeness (QED) is 0.405. The van der Waals surface area contributed by atoms with E-state index in [1.165, 1.54) is 9.75 Å². The number of imidazole rings is 2. The number of hydrogen-bond acceptors (Lipinski definition) is 5. The molecule has 1 aromatic carbocycles.